The number of fused-ring (bicyclic) bond motifs is 2. The summed E-state index contributed by atoms with van der Waals surface area (Å²) >= 11 is 0. The number of likely N-dealkylation sites (N-methyl/N-ethyl adjacent to an activating group) is 2. The number of benzene rings is 3. The van der Waals surface area contributed by atoms with Crippen molar-refractivity contribution in [3.8, 4) is 11.5 Å². The van der Waals surface area contributed by atoms with E-state index in [4.69, 9.17) is 9.47 Å². The van der Waals surface area contributed by atoms with E-state index in [-0.39, 0.29) is 18.6 Å². The standard InChI is InChI=1S/C28H27FN4O4/c1-32(2)12-13-33(3)28(35)17-4-8-20(9-5-17)30-26(18-6-11-23-24(14-18)37-16-36-23)25-21-10-7-19(29)15-22(21)31-27(25)34/h4-11,14-15,30H,12-13,16H2,1-3H3,(H,31,34)/b26-25-. The van der Waals surface area contributed by atoms with Gasteiger partial charge in [0.1, 0.15) is 5.82 Å². The second-order valence-electron chi connectivity index (χ2n) is 9.19. The van der Waals surface area contributed by atoms with Crippen molar-refractivity contribution < 1.29 is 23.5 Å². The smallest absolute Gasteiger partial charge is 0.258 e. The average Bonchev–Trinajstić information content (AvgIpc) is 3.48. The van der Waals surface area contributed by atoms with Gasteiger partial charge in [0.2, 0.25) is 6.79 Å². The largest absolute Gasteiger partial charge is 0.454 e. The Morgan fingerprint density at radius 1 is 0.946 bits per heavy atom. The molecule has 2 amide bonds. The summed E-state index contributed by atoms with van der Waals surface area (Å²) in [7, 11) is 5.70. The highest BCUT2D eigenvalue weighted by atomic mass is 19.1. The van der Waals surface area contributed by atoms with Crippen LogP contribution in [0.15, 0.2) is 60.7 Å². The maximum absolute atomic E-state index is 13.8. The number of carbonyl (C=O) groups is 2. The molecule has 2 aliphatic heterocycles. The number of ether oxygens (including phenoxy) is 2. The summed E-state index contributed by atoms with van der Waals surface area (Å²) in [5.74, 6) is 0.321. The molecule has 3 aromatic carbocycles. The fourth-order valence-electron chi connectivity index (χ4n) is 4.24. The van der Waals surface area contributed by atoms with Crippen molar-refractivity contribution in [2.45, 2.75) is 0 Å². The molecule has 0 unspecified atom stereocenters. The molecule has 0 atom stereocenters. The van der Waals surface area contributed by atoms with Gasteiger partial charge in [0, 0.05) is 42.5 Å². The lowest BCUT2D eigenvalue weighted by Gasteiger charge is -2.20. The molecule has 2 aliphatic rings. The third-order valence-corrected chi connectivity index (χ3v) is 6.27. The molecule has 0 spiro atoms. The third-order valence-electron chi connectivity index (χ3n) is 6.27. The molecule has 0 saturated carbocycles. The lowest BCUT2D eigenvalue weighted by Crippen LogP contribution is -2.33. The van der Waals surface area contributed by atoms with Crippen LogP contribution < -0.4 is 20.1 Å². The lowest BCUT2D eigenvalue weighted by molar-refractivity contribution is -0.110. The van der Waals surface area contributed by atoms with E-state index in [0.29, 0.717) is 57.4 Å². The minimum absolute atomic E-state index is 0.0751. The molecule has 0 fully saturated rings. The fraction of sp³-hybridized carbons (Fsp3) is 0.214. The number of rotatable bonds is 7. The number of hydrogen-bond donors (Lipinski definition) is 2. The highest BCUT2D eigenvalue weighted by Gasteiger charge is 2.29. The second-order valence-corrected chi connectivity index (χ2v) is 9.19. The first-order valence-electron chi connectivity index (χ1n) is 11.8. The number of halogens is 1. The second kappa shape index (κ2) is 9.94. The van der Waals surface area contributed by atoms with Gasteiger partial charge in [-0.15, -0.1) is 0 Å². The van der Waals surface area contributed by atoms with Crippen molar-refractivity contribution in [1.82, 2.24) is 9.80 Å². The van der Waals surface area contributed by atoms with Gasteiger partial charge in [-0.2, -0.15) is 0 Å². The summed E-state index contributed by atoms with van der Waals surface area (Å²) in [6.45, 7) is 1.50. The molecule has 3 aromatic rings. The van der Waals surface area contributed by atoms with Gasteiger partial charge >= 0.3 is 0 Å². The minimum Gasteiger partial charge on any atom is -0.454 e. The third kappa shape index (κ3) is 4.99. The number of hydrogen-bond acceptors (Lipinski definition) is 6. The maximum atomic E-state index is 13.8. The van der Waals surface area contributed by atoms with Gasteiger partial charge in [0.25, 0.3) is 11.8 Å². The summed E-state index contributed by atoms with van der Waals surface area (Å²) in [5, 5.41) is 6.09. The average molecular weight is 503 g/mol. The quantitative estimate of drug-likeness (QED) is 0.473. The normalized spacial score (nSPS) is 14.9. The molecule has 9 heteroatoms. The number of nitrogens with one attached hydrogen (secondary N) is 2. The van der Waals surface area contributed by atoms with Gasteiger partial charge in [-0.1, -0.05) is 0 Å². The first kappa shape index (κ1) is 24.3. The van der Waals surface area contributed by atoms with Crippen molar-refractivity contribution in [3.05, 3.63) is 83.2 Å². The Hall–Kier alpha value is -4.37. The number of anilines is 2. The Bertz CT molecular complexity index is 1400. The van der Waals surface area contributed by atoms with Crippen molar-refractivity contribution in [2.75, 3.05) is 51.7 Å². The summed E-state index contributed by atoms with van der Waals surface area (Å²) < 4.78 is 24.8. The van der Waals surface area contributed by atoms with Crippen LogP contribution in [0.1, 0.15) is 21.5 Å². The maximum Gasteiger partial charge on any atom is 0.258 e. The minimum atomic E-state index is -0.436. The van der Waals surface area contributed by atoms with Crippen LogP contribution in [0.25, 0.3) is 11.3 Å². The Kier molecular flexibility index (Phi) is 6.54. The highest BCUT2D eigenvalue weighted by Crippen LogP contribution is 2.40. The van der Waals surface area contributed by atoms with Gasteiger partial charge in [0.15, 0.2) is 11.5 Å². The van der Waals surface area contributed by atoms with Crippen LogP contribution in [0.5, 0.6) is 11.5 Å². The summed E-state index contributed by atoms with van der Waals surface area (Å²) in [6, 6.07) is 16.7. The van der Waals surface area contributed by atoms with E-state index in [2.05, 4.69) is 10.6 Å². The molecular formula is C28H27FN4O4. The predicted molar refractivity (Wildman–Crippen MR) is 140 cm³/mol. The van der Waals surface area contributed by atoms with E-state index >= 15 is 0 Å². The molecule has 0 aliphatic carbocycles. The first-order chi connectivity index (χ1) is 17.8. The van der Waals surface area contributed by atoms with E-state index in [1.807, 2.05) is 25.1 Å². The zero-order valence-corrected chi connectivity index (χ0v) is 20.8. The van der Waals surface area contributed by atoms with E-state index in [1.54, 1.807) is 54.4 Å². The van der Waals surface area contributed by atoms with Gasteiger partial charge in [-0.3, -0.25) is 9.59 Å². The number of amides is 2. The van der Waals surface area contributed by atoms with Crippen molar-refractivity contribution in [3.63, 3.8) is 0 Å². The van der Waals surface area contributed by atoms with Gasteiger partial charge in [-0.25, -0.2) is 4.39 Å². The van der Waals surface area contributed by atoms with Crippen LogP contribution in [-0.4, -0.2) is 62.6 Å². The number of carbonyl (C=O) groups excluding carboxylic acids is 2. The van der Waals surface area contributed by atoms with E-state index in [0.717, 1.165) is 6.54 Å². The summed E-state index contributed by atoms with van der Waals surface area (Å²) in [5.41, 5.74) is 3.80. The molecule has 0 saturated heterocycles. The van der Waals surface area contributed by atoms with Crippen LogP contribution in [0.2, 0.25) is 0 Å². The van der Waals surface area contributed by atoms with Crippen molar-refractivity contribution in [1.29, 1.82) is 0 Å². The Morgan fingerprint density at radius 2 is 1.68 bits per heavy atom. The van der Waals surface area contributed by atoms with Gasteiger partial charge in [-0.05, 0) is 74.8 Å². The molecule has 37 heavy (non-hydrogen) atoms. The Morgan fingerprint density at radius 3 is 2.43 bits per heavy atom. The van der Waals surface area contributed by atoms with Crippen LogP contribution >= 0.6 is 0 Å². The molecule has 8 nitrogen and oxygen atoms in total. The van der Waals surface area contributed by atoms with Gasteiger partial charge < -0.3 is 29.9 Å². The number of nitrogens with zero attached hydrogens (tertiary/aromatic N) is 2. The topological polar surface area (TPSA) is 83.1 Å². The van der Waals surface area contributed by atoms with Crippen LogP contribution in [0.4, 0.5) is 15.8 Å². The summed E-state index contributed by atoms with van der Waals surface area (Å²) in [6.07, 6.45) is 0. The zero-order chi connectivity index (χ0) is 26.1. The van der Waals surface area contributed by atoms with Crippen LogP contribution in [0.3, 0.4) is 0 Å². The highest BCUT2D eigenvalue weighted by molar-refractivity contribution is 6.37. The van der Waals surface area contributed by atoms with E-state index in [1.165, 1.54) is 12.1 Å². The first-order valence-corrected chi connectivity index (χ1v) is 11.8. The van der Waals surface area contributed by atoms with Gasteiger partial charge in [0.05, 0.1) is 17.0 Å². The van der Waals surface area contributed by atoms with E-state index < -0.39 is 5.82 Å². The predicted octanol–water partition coefficient (Wildman–Crippen LogP) is 4.12. The molecule has 0 aromatic heterocycles. The van der Waals surface area contributed by atoms with Crippen molar-refractivity contribution in [2.24, 2.45) is 0 Å². The Balaban J connectivity index is 1.50. The molecule has 0 bridgehead atoms. The molecule has 5 rings (SSSR count). The summed E-state index contributed by atoms with van der Waals surface area (Å²) in [4.78, 5) is 29.6. The SMILES string of the molecule is CN(C)CCN(C)C(=O)c1ccc(N/C(=C2\C(=O)Nc3cc(F)ccc32)c2ccc3c(c2)OCO3)cc1. The van der Waals surface area contributed by atoms with Crippen LogP contribution in [0, 0.1) is 5.82 Å². The fourth-order valence-corrected chi connectivity index (χ4v) is 4.24. The zero-order valence-electron chi connectivity index (χ0n) is 20.8. The molecule has 2 heterocycles. The molecule has 0 radical (unpaired) electrons. The van der Waals surface area contributed by atoms with Crippen molar-refractivity contribution >= 4 is 34.5 Å². The monoisotopic (exact) mass is 502 g/mol. The molecular weight excluding hydrogens is 475 g/mol. The lowest BCUT2D eigenvalue weighted by atomic mass is 9.99. The molecule has 2 N–H and O–H groups in total. The molecule has 190 valence electrons. The Labute approximate surface area is 214 Å². The van der Waals surface area contributed by atoms with E-state index in [9.17, 15) is 14.0 Å². The van der Waals surface area contributed by atoms with Crippen LogP contribution in [-0.2, 0) is 4.79 Å².